The monoisotopic (exact) mass is 276 g/mol. The molecule has 2 rings (SSSR count). The van der Waals surface area contributed by atoms with Gasteiger partial charge in [0.2, 0.25) is 0 Å². The molecule has 1 aliphatic rings. The summed E-state index contributed by atoms with van der Waals surface area (Å²) in [4.78, 5) is 13.1. The Kier molecular flexibility index (Phi) is 4.32. The van der Waals surface area contributed by atoms with Crippen LogP contribution in [0, 0.1) is 5.92 Å². The highest BCUT2D eigenvalue weighted by Gasteiger charge is 2.22. The van der Waals surface area contributed by atoms with Crippen molar-refractivity contribution in [2.45, 2.75) is 18.2 Å². The second-order valence-corrected chi connectivity index (χ2v) is 5.84. The first kappa shape index (κ1) is 13.7. The predicted molar refractivity (Wildman–Crippen MR) is 74.8 cm³/mol. The third kappa shape index (κ3) is 3.01. The van der Waals surface area contributed by atoms with Crippen molar-refractivity contribution in [3.8, 4) is 0 Å². The van der Waals surface area contributed by atoms with Gasteiger partial charge in [-0.2, -0.15) is 0 Å². The molecule has 1 aliphatic carbocycles. The fourth-order valence-electron chi connectivity index (χ4n) is 2.06. The second kappa shape index (κ2) is 5.97. The van der Waals surface area contributed by atoms with Crippen molar-refractivity contribution in [2.24, 2.45) is 5.92 Å². The first-order valence-corrected chi connectivity index (χ1v) is 7.24. The lowest BCUT2D eigenvalue weighted by Crippen LogP contribution is -2.13. The lowest BCUT2D eigenvalue weighted by molar-refractivity contribution is -0.136. The maximum atomic E-state index is 12.5. The van der Waals surface area contributed by atoms with Gasteiger partial charge in [0.25, 0.3) is 0 Å². The molecule has 0 heterocycles. The third-order valence-electron chi connectivity index (χ3n) is 3.04. The third-order valence-corrected chi connectivity index (χ3v) is 4.71. The summed E-state index contributed by atoms with van der Waals surface area (Å²) in [5, 5.41) is 0. The van der Waals surface area contributed by atoms with Crippen LogP contribution in [0.15, 0.2) is 57.9 Å². The highest BCUT2D eigenvalue weighted by molar-refractivity contribution is 7.89. The van der Waals surface area contributed by atoms with Gasteiger partial charge in [-0.15, -0.1) is 0 Å². The van der Waals surface area contributed by atoms with E-state index in [1.54, 1.807) is 0 Å². The average Bonchev–Trinajstić information content (AvgIpc) is 2.46. The summed E-state index contributed by atoms with van der Waals surface area (Å²) in [5.74, 6) is -0.337. The number of ether oxygens (including phenoxy) is 1. The van der Waals surface area contributed by atoms with Crippen molar-refractivity contribution >= 4 is 16.8 Å². The summed E-state index contributed by atoms with van der Waals surface area (Å²) in [6.07, 6.45) is 4.19. The predicted octanol–water partition coefficient (Wildman–Crippen LogP) is 2.82. The van der Waals surface area contributed by atoms with E-state index in [2.05, 4.69) is 0 Å². The molecule has 0 N–H and O–H groups in total. The summed E-state index contributed by atoms with van der Waals surface area (Å²) < 4.78 is 17.2. The summed E-state index contributed by atoms with van der Waals surface area (Å²) in [6, 6.07) is 9.34. The van der Waals surface area contributed by atoms with E-state index in [-0.39, 0.29) is 11.9 Å². The standard InChI is InChI=1S/C15H16O3S/c1-11-10-12(15(16)18-2)8-9-14(11)19(17)13-6-4-3-5-7-13/h3-7,9-11H,8H2,1-2H3/t11-,19?/m0/s1. The molecule has 0 spiro atoms. The molecule has 2 atom stereocenters. The molecule has 0 aromatic heterocycles. The fourth-order valence-corrected chi connectivity index (χ4v) is 3.37. The number of carbonyl (C=O) groups is 1. The Morgan fingerprint density at radius 2 is 2.00 bits per heavy atom. The van der Waals surface area contributed by atoms with Gasteiger partial charge >= 0.3 is 5.97 Å². The molecular formula is C15H16O3S. The van der Waals surface area contributed by atoms with Crippen molar-refractivity contribution < 1.29 is 13.7 Å². The van der Waals surface area contributed by atoms with Crippen LogP contribution in [-0.2, 0) is 20.3 Å². The highest BCUT2D eigenvalue weighted by atomic mass is 32.2. The maximum Gasteiger partial charge on any atom is 0.333 e. The minimum Gasteiger partial charge on any atom is -0.466 e. The van der Waals surface area contributed by atoms with E-state index >= 15 is 0 Å². The van der Waals surface area contributed by atoms with Crippen LogP contribution >= 0.6 is 0 Å². The molecule has 4 heteroatoms. The Bertz CT molecular complexity index is 558. The van der Waals surface area contributed by atoms with Gasteiger partial charge in [-0.1, -0.05) is 37.3 Å². The van der Waals surface area contributed by atoms with Crippen molar-refractivity contribution in [1.29, 1.82) is 0 Å². The Labute approximate surface area is 115 Å². The Balaban J connectivity index is 2.19. The van der Waals surface area contributed by atoms with E-state index in [1.807, 2.05) is 49.4 Å². The summed E-state index contributed by atoms with van der Waals surface area (Å²) in [5.41, 5.74) is 0.629. The summed E-state index contributed by atoms with van der Waals surface area (Å²) in [7, 11) is 0.205. The van der Waals surface area contributed by atoms with E-state index in [1.165, 1.54) is 7.11 Å². The Morgan fingerprint density at radius 1 is 1.32 bits per heavy atom. The summed E-state index contributed by atoms with van der Waals surface area (Å²) >= 11 is 0. The number of esters is 1. The quantitative estimate of drug-likeness (QED) is 0.797. The molecule has 0 aliphatic heterocycles. The number of rotatable bonds is 3. The smallest absolute Gasteiger partial charge is 0.333 e. The highest BCUT2D eigenvalue weighted by Crippen LogP contribution is 2.29. The SMILES string of the molecule is COC(=O)C1=C[C@H](C)C(S(=O)c2ccccc2)=CC1. The van der Waals surface area contributed by atoms with E-state index in [9.17, 15) is 9.00 Å². The molecule has 1 aromatic rings. The van der Waals surface area contributed by atoms with Crippen LogP contribution in [-0.4, -0.2) is 17.3 Å². The first-order valence-electron chi connectivity index (χ1n) is 6.09. The van der Waals surface area contributed by atoms with Crippen LogP contribution in [0.3, 0.4) is 0 Å². The van der Waals surface area contributed by atoms with Gasteiger partial charge in [0, 0.05) is 21.3 Å². The minimum absolute atomic E-state index is 0.0242. The normalized spacial score (nSPS) is 20.2. The molecular weight excluding hydrogens is 260 g/mol. The molecule has 0 amide bonds. The Hall–Kier alpha value is -1.68. The van der Waals surface area contributed by atoms with Gasteiger partial charge < -0.3 is 4.74 Å². The summed E-state index contributed by atoms with van der Waals surface area (Å²) in [6.45, 7) is 1.94. The van der Waals surface area contributed by atoms with Crippen LogP contribution in [0.25, 0.3) is 0 Å². The zero-order valence-corrected chi connectivity index (χ0v) is 11.8. The van der Waals surface area contributed by atoms with Crippen LogP contribution in [0.5, 0.6) is 0 Å². The topological polar surface area (TPSA) is 43.4 Å². The van der Waals surface area contributed by atoms with Crippen molar-refractivity contribution in [2.75, 3.05) is 7.11 Å². The van der Waals surface area contributed by atoms with Crippen LogP contribution in [0.1, 0.15) is 13.3 Å². The lowest BCUT2D eigenvalue weighted by atomic mass is 9.98. The van der Waals surface area contributed by atoms with Gasteiger partial charge in [0.05, 0.1) is 17.9 Å². The van der Waals surface area contributed by atoms with E-state index in [0.717, 1.165) is 9.80 Å². The molecule has 3 nitrogen and oxygen atoms in total. The molecule has 0 radical (unpaired) electrons. The zero-order valence-electron chi connectivity index (χ0n) is 11.0. The minimum atomic E-state index is -1.17. The van der Waals surface area contributed by atoms with Gasteiger partial charge in [-0.05, 0) is 18.6 Å². The Morgan fingerprint density at radius 3 is 2.58 bits per heavy atom. The molecule has 1 aromatic carbocycles. The van der Waals surface area contributed by atoms with E-state index in [4.69, 9.17) is 4.74 Å². The molecule has 0 fully saturated rings. The number of benzene rings is 1. The number of allylic oxidation sites excluding steroid dienone is 3. The molecule has 100 valence electrons. The molecule has 0 saturated heterocycles. The largest absolute Gasteiger partial charge is 0.466 e. The zero-order chi connectivity index (χ0) is 13.8. The molecule has 0 saturated carbocycles. The van der Waals surface area contributed by atoms with Crippen molar-refractivity contribution in [3.05, 3.63) is 53.0 Å². The molecule has 1 unspecified atom stereocenters. The van der Waals surface area contributed by atoms with Crippen LogP contribution in [0.2, 0.25) is 0 Å². The van der Waals surface area contributed by atoms with E-state index < -0.39 is 10.8 Å². The van der Waals surface area contributed by atoms with Crippen molar-refractivity contribution in [1.82, 2.24) is 0 Å². The maximum absolute atomic E-state index is 12.5. The van der Waals surface area contributed by atoms with Crippen LogP contribution < -0.4 is 0 Å². The molecule has 19 heavy (non-hydrogen) atoms. The molecule has 0 bridgehead atoms. The first-order chi connectivity index (χ1) is 9.13. The van der Waals surface area contributed by atoms with E-state index in [0.29, 0.717) is 12.0 Å². The number of hydrogen-bond acceptors (Lipinski definition) is 3. The van der Waals surface area contributed by atoms with Gasteiger partial charge in [0.1, 0.15) is 0 Å². The van der Waals surface area contributed by atoms with Crippen LogP contribution in [0.4, 0.5) is 0 Å². The number of hydrogen-bond donors (Lipinski definition) is 0. The second-order valence-electron chi connectivity index (χ2n) is 4.36. The number of carbonyl (C=O) groups excluding carboxylic acids is 1. The van der Waals surface area contributed by atoms with Gasteiger partial charge in [-0.3, -0.25) is 0 Å². The average molecular weight is 276 g/mol. The lowest BCUT2D eigenvalue weighted by Gasteiger charge is -2.18. The van der Waals surface area contributed by atoms with Crippen molar-refractivity contribution in [3.63, 3.8) is 0 Å². The van der Waals surface area contributed by atoms with Gasteiger partial charge in [0.15, 0.2) is 0 Å². The van der Waals surface area contributed by atoms with Gasteiger partial charge in [-0.25, -0.2) is 9.00 Å². The number of methoxy groups -OCH3 is 1. The fraction of sp³-hybridized carbons (Fsp3) is 0.267.